The van der Waals surface area contributed by atoms with Gasteiger partial charge in [0.2, 0.25) is 0 Å². The summed E-state index contributed by atoms with van der Waals surface area (Å²) in [5, 5.41) is 18.4. The van der Waals surface area contributed by atoms with Crippen molar-refractivity contribution in [3.05, 3.63) is 41.6 Å². The average Bonchev–Trinajstić information content (AvgIpc) is 2.72. The van der Waals surface area contributed by atoms with E-state index < -0.39 is 6.10 Å². The van der Waals surface area contributed by atoms with Gasteiger partial charge in [0.1, 0.15) is 0 Å². The molecule has 84 valence electrons. The number of benzene rings is 1. The minimum Gasteiger partial charge on any atom is -0.388 e. The molecule has 0 radical (unpaired) electrons. The van der Waals surface area contributed by atoms with Gasteiger partial charge in [-0.3, -0.25) is 5.10 Å². The van der Waals surface area contributed by atoms with Crippen molar-refractivity contribution in [1.82, 2.24) is 10.2 Å². The maximum absolute atomic E-state index is 10.0. The van der Waals surface area contributed by atoms with Gasteiger partial charge in [-0.2, -0.15) is 5.10 Å². The van der Waals surface area contributed by atoms with E-state index in [9.17, 15) is 5.11 Å². The van der Waals surface area contributed by atoms with E-state index in [-0.39, 0.29) is 0 Å². The Morgan fingerprint density at radius 3 is 3.12 bits per heavy atom. The SMILES string of the molecule is C=CCCC(O)c1cc(Cl)cc2cn[nH]c12. The van der Waals surface area contributed by atoms with Crippen molar-refractivity contribution in [1.29, 1.82) is 0 Å². The topological polar surface area (TPSA) is 48.9 Å². The molecule has 0 amide bonds. The van der Waals surface area contributed by atoms with Crippen LogP contribution in [0, 0.1) is 0 Å². The molecule has 0 bridgehead atoms. The third-order valence-corrected chi connectivity index (χ3v) is 2.77. The second-order valence-corrected chi connectivity index (χ2v) is 4.15. The van der Waals surface area contributed by atoms with Crippen molar-refractivity contribution >= 4 is 22.5 Å². The first-order valence-electron chi connectivity index (χ1n) is 5.14. The highest BCUT2D eigenvalue weighted by Gasteiger charge is 2.13. The van der Waals surface area contributed by atoms with Crippen LogP contribution in [-0.4, -0.2) is 15.3 Å². The van der Waals surface area contributed by atoms with Gasteiger partial charge in [-0.25, -0.2) is 0 Å². The van der Waals surface area contributed by atoms with Gasteiger partial charge < -0.3 is 5.11 Å². The Kier molecular flexibility index (Phi) is 3.27. The minimum atomic E-state index is -0.542. The summed E-state index contributed by atoms with van der Waals surface area (Å²) >= 11 is 5.99. The molecule has 0 aliphatic carbocycles. The highest BCUT2D eigenvalue weighted by molar-refractivity contribution is 6.31. The lowest BCUT2D eigenvalue weighted by Gasteiger charge is -2.11. The molecule has 16 heavy (non-hydrogen) atoms. The van der Waals surface area contributed by atoms with Crippen molar-refractivity contribution in [2.75, 3.05) is 0 Å². The van der Waals surface area contributed by atoms with E-state index in [1.165, 1.54) is 0 Å². The average molecular weight is 237 g/mol. The molecule has 4 heteroatoms. The normalized spacial score (nSPS) is 12.9. The maximum Gasteiger partial charge on any atom is 0.0814 e. The largest absolute Gasteiger partial charge is 0.388 e. The second kappa shape index (κ2) is 4.68. The number of aromatic amines is 1. The lowest BCUT2D eigenvalue weighted by atomic mass is 10.0. The molecule has 0 spiro atoms. The second-order valence-electron chi connectivity index (χ2n) is 3.71. The summed E-state index contributed by atoms with van der Waals surface area (Å²) in [6.07, 6.45) is 4.35. The Hall–Kier alpha value is -1.32. The zero-order valence-corrected chi connectivity index (χ0v) is 9.54. The first kappa shape index (κ1) is 11.2. The predicted molar refractivity (Wildman–Crippen MR) is 65.5 cm³/mol. The number of hydrogen-bond donors (Lipinski definition) is 2. The third kappa shape index (κ3) is 2.10. The maximum atomic E-state index is 10.0. The molecule has 0 saturated carbocycles. The Morgan fingerprint density at radius 1 is 1.56 bits per heavy atom. The van der Waals surface area contributed by atoms with E-state index in [1.54, 1.807) is 18.3 Å². The Balaban J connectivity index is 2.41. The molecule has 2 N–H and O–H groups in total. The molecule has 1 aromatic heterocycles. The number of halogens is 1. The number of aliphatic hydroxyl groups excluding tert-OH is 1. The van der Waals surface area contributed by atoms with Crippen molar-refractivity contribution in [2.45, 2.75) is 18.9 Å². The van der Waals surface area contributed by atoms with Gasteiger partial charge >= 0.3 is 0 Å². The summed E-state index contributed by atoms with van der Waals surface area (Å²) in [4.78, 5) is 0. The summed E-state index contributed by atoms with van der Waals surface area (Å²) < 4.78 is 0. The Morgan fingerprint density at radius 2 is 2.38 bits per heavy atom. The molecule has 2 aromatic rings. The van der Waals surface area contributed by atoms with Crippen LogP contribution in [0.25, 0.3) is 10.9 Å². The first-order valence-corrected chi connectivity index (χ1v) is 5.51. The fourth-order valence-electron chi connectivity index (χ4n) is 1.74. The molecule has 0 saturated heterocycles. The van der Waals surface area contributed by atoms with E-state index in [0.717, 1.165) is 22.9 Å². The van der Waals surface area contributed by atoms with Crippen molar-refractivity contribution in [2.24, 2.45) is 0 Å². The van der Waals surface area contributed by atoms with E-state index in [0.29, 0.717) is 11.4 Å². The lowest BCUT2D eigenvalue weighted by Crippen LogP contribution is -1.98. The van der Waals surface area contributed by atoms with E-state index in [2.05, 4.69) is 16.8 Å². The molecule has 0 aliphatic rings. The number of fused-ring (bicyclic) bond motifs is 1. The summed E-state index contributed by atoms with van der Waals surface area (Å²) in [7, 11) is 0. The van der Waals surface area contributed by atoms with E-state index in [4.69, 9.17) is 11.6 Å². The molecule has 3 nitrogen and oxygen atoms in total. The summed E-state index contributed by atoms with van der Waals surface area (Å²) in [5.74, 6) is 0. The van der Waals surface area contributed by atoms with Gasteiger partial charge in [0.15, 0.2) is 0 Å². The highest BCUT2D eigenvalue weighted by atomic mass is 35.5. The summed E-state index contributed by atoms with van der Waals surface area (Å²) in [5.41, 5.74) is 1.64. The number of H-pyrrole nitrogens is 1. The zero-order chi connectivity index (χ0) is 11.5. The van der Waals surface area contributed by atoms with E-state index in [1.807, 2.05) is 6.07 Å². The Bertz CT molecular complexity index is 507. The van der Waals surface area contributed by atoms with Gasteiger partial charge in [-0.1, -0.05) is 17.7 Å². The quantitative estimate of drug-likeness (QED) is 0.801. The number of allylic oxidation sites excluding steroid dienone is 1. The van der Waals surface area contributed by atoms with Crippen LogP contribution < -0.4 is 0 Å². The molecule has 1 heterocycles. The number of aromatic nitrogens is 2. The van der Waals surface area contributed by atoms with Crippen LogP contribution in [0.4, 0.5) is 0 Å². The molecular formula is C12H13ClN2O. The van der Waals surface area contributed by atoms with Crippen LogP contribution in [0.3, 0.4) is 0 Å². The Labute approximate surface area is 98.7 Å². The van der Waals surface area contributed by atoms with Crippen LogP contribution >= 0.6 is 11.6 Å². The fraction of sp³-hybridized carbons (Fsp3) is 0.250. The molecule has 1 aromatic carbocycles. The number of aliphatic hydroxyl groups is 1. The fourth-order valence-corrected chi connectivity index (χ4v) is 1.98. The molecule has 0 fully saturated rings. The lowest BCUT2D eigenvalue weighted by molar-refractivity contribution is 0.170. The van der Waals surface area contributed by atoms with Gasteiger partial charge in [0.25, 0.3) is 0 Å². The van der Waals surface area contributed by atoms with Gasteiger partial charge in [0.05, 0.1) is 17.8 Å². The van der Waals surface area contributed by atoms with Crippen molar-refractivity contribution in [3.8, 4) is 0 Å². The monoisotopic (exact) mass is 236 g/mol. The van der Waals surface area contributed by atoms with Gasteiger partial charge in [0, 0.05) is 16.0 Å². The first-order chi connectivity index (χ1) is 7.72. The van der Waals surface area contributed by atoms with Gasteiger partial charge in [-0.05, 0) is 25.0 Å². The summed E-state index contributed by atoms with van der Waals surface area (Å²) in [6, 6.07) is 3.60. The molecular weight excluding hydrogens is 224 g/mol. The molecule has 1 unspecified atom stereocenters. The number of nitrogens with one attached hydrogen (secondary N) is 1. The van der Waals surface area contributed by atoms with Crippen molar-refractivity contribution < 1.29 is 5.11 Å². The summed E-state index contributed by atoms with van der Waals surface area (Å²) in [6.45, 7) is 3.64. The van der Waals surface area contributed by atoms with Crippen LogP contribution in [0.2, 0.25) is 5.02 Å². The van der Waals surface area contributed by atoms with Gasteiger partial charge in [-0.15, -0.1) is 6.58 Å². The number of hydrogen-bond acceptors (Lipinski definition) is 2. The molecule has 2 rings (SSSR count). The molecule has 1 atom stereocenters. The zero-order valence-electron chi connectivity index (χ0n) is 8.78. The standard InChI is InChI=1S/C12H13ClN2O/c1-2-3-4-11(16)10-6-9(13)5-8-7-14-15-12(8)10/h2,5-7,11,16H,1,3-4H2,(H,14,15). The van der Waals surface area contributed by atoms with Crippen LogP contribution in [0.5, 0.6) is 0 Å². The number of rotatable bonds is 4. The number of nitrogens with zero attached hydrogens (tertiary/aromatic N) is 1. The molecule has 0 aliphatic heterocycles. The predicted octanol–water partition coefficient (Wildman–Crippen LogP) is 3.22. The van der Waals surface area contributed by atoms with E-state index >= 15 is 0 Å². The van der Waals surface area contributed by atoms with Crippen LogP contribution in [-0.2, 0) is 0 Å². The van der Waals surface area contributed by atoms with Crippen LogP contribution in [0.15, 0.2) is 31.0 Å². The third-order valence-electron chi connectivity index (χ3n) is 2.55. The van der Waals surface area contributed by atoms with Crippen molar-refractivity contribution in [3.63, 3.8) is 0 Å². The minimum absolute atomic E-state index is 0.542. The smallest absolute Gasteiger partial charge is 0.0814 e. The highest BCUT2D eigenvalue weighted by Crippen LogP contribution is 2.29. The van der Waals surface area contributed by atoms with Crippen LogP contribution in [0.1, 0.15) is 24.5 Å².